The Morgan fingerprint density at radius 3 is 2.87 bits per heavy atom. The maximum Gasteiger partial charge on any atom is 0.254 e. The molecule has 5 rings (SSSR count). The van der Waals surface area contributed by atoms with Crippen molar-refractivity contribution in [2.45, 2.75) is 32.5 Å². The molecule has 0 saturated heterocycles. The number of nitriles is 1. The van der Waals surface area contributed by atoms with E-state index in [9.17, 15) is 10.1 Å². The van der Waals surface area contributed by atoms with Crippen LogP contribution in [0.1, 0.15) is 39.3 Å². The summed E-state index contributed by atoms with van der Waals surface area (Å²) in [6.45, 7) is 3.45. The van der Waals surface area contributed by atoms with Crippen LogP contribution in [-0.4, -0.2) is 38.7 Å². The summed E-state index contributed by atoms with van der Waals surface area (Å²) in [4.78, 5) is 19.4. The lowest BCUT2D eigenvalue weighted by atomic mass is 9.93. The number of nitrogens with two attached hydrogens (primary N) is 1. The molecule has 2 aromatic heterocycles. The van der Waals surface area contributed by atoms with Crippen LogP contribution >= 0.6 is 0 Å². The van der Waals surface area contributed by atoms with Gasteiger partial charge in [-0.05, 0) is 31.2 Å². The van der Waals surface area contributed by atoms with E-state index in [-0.39, 0.29) is 11.7 Å². The first-order valence-corrected chi connectivity index (χ1v) is 10.5. The molecule has 0 spiro atoms. The number of pyridine rings is 1. The molecule has 0 fully saturated rings. The molecule has 2 aliphatic rings. The Morgan fingerprint density at radius 1 is 1.23 bits per heavy atom. The number of nitrogen functional groups attached to an aromatic ring is 1. The molecule has 0 unspecified atom stereocenters. The first kappa shape index (κ1) is 19.3. The topological polar surface area (TPSA) is 113 Å². The first-order valence-electron chi connectivity index (χ1n) is 10.5. The molecule has 1 amide bonds. The van der Waals surface area contributed by atoms with Gasteiger partial charge in [0.2, 0.25) is 0 Å². The standard InChI is InChI=1S/C23H23N7O/c24-12-17-21(20-11-16-13-26-8-4-9-30(16)28-20)18-14-29(10-7-19(18)27-22(17)25)23(31)15-5-2-1-3-6-15/h1-3,5-6,11,26H,4,7-10,13-14H2,(H2,25,27). The molecule has 31 heavy (non-hydrogen) atoms. The van der Waals surface area contributed by atoms with Crippen molar-refractivity contribution in [2.75, 3.05) is 18.8 Å². The van der Waals surface area contributed by atoms with E-state index < -0.39 is 0 Å². The van der Waals surface area contributed by atoms with E-state index >= 15 is 0 Å². The molecule has 0 aliphatic carbocycles. The number of aryl methyl sites for hydroxylation is 1. The number of hydrogen-bond donors (Lipinski definition) is 2. The minimum absolute atomic E-state index is 0.0302. The summed E-state index contributed by atoms with van der Waals surface area (Å²) < 4.78 is 2.00. The highest BCUT2D eigenvalue weighted by molar-refractivity contribution is 5.94. The molecule has 2 aliphatic heterocycles. The highest BCUT2D eigenvalue weighted by Gasteiger charge is 2.29. The lowest BCUT2D eigenvalue weighted by Gasteiger charge is -2.30. The predicted octanol–water partition coefficient (Wildman–Crippen LogP) is 2.09. The zero-order chi connectivity index (χ0) is 21.4. The average Bonchev–Trinajstić information content (AvgIpc) is 3.07. The van der Waals surface area contributed by atoms with Gasteiger partial charge in [-0.1, -0.05) is 18.2 Å². The SMILES string of the molecule is N#Cc1c(N)nc2c(c1-c1cc3n(n1)CCCNC3)CN(C(=O)c1ccccc1)CC2. The molecule has 8 nitrogen and oxygen atoms in total. The molecule has 4 heterocycles. The molecular formula is C23H23N7O. The van der Waals surface area contributed by atoms with Crippen LogP contribution in [-0.2, 0) is 26.1 Å². The molecule has 3 N–H and O–H groups in total. The molecule has 0 saturated carbocycles. The number of amides is 1. The van der Waals surface area contributed by atoms with Crippen molar-refractivity contribution in [3.05, 3.63) is 64.5 Å². The van der Waals surface area contributed by atoms with Gasteiger partial charge in [0.1, 0.15) is 17.5 Å². The van der Waals surface area contributed by atoms with E-state index in [0.717, 1.165) is 48.7 Å². The van der Waals surface area contributed by atoms with Gasteiger partial charge >= 0.3 is 0 Å². The van der Waals surface area contributed by atoms with Gasteiger partial charge in [0.25, 0.3) is 5.91 Å². The van der Waals surface area contributed by atoms with E-state index in [0.29, 0.717) is 36.2 Å². The van der Waals surface area contributed by atoms with Crippen molar-refractivity contribution in [1.29, 1.82) is 5.26 Å². The van der Waals surface area contributed by atoms with Crippen molar-refractivity contribution in [3.63, 3.8) is 0 Å². The van der Waals surface area contributed by atoms with E-state index in [4.69, 9.17) is 10.8 Å². The number of benzene rings is 1. The second-order valence-corrected chi connectivity index (χ2v) is 7.90. The smallest absolute Gasteiger partial charge is 0.254 e. The monoisotopic (exact) mass is 413 g/mol. The average molecular weight is 413 g/mol. The summed E-state index contributed by atoms with van der Waals surface area (Å²) in [7, 11) is 0. The maximum atomic E-state index is 13.1. The quantitative estimate of drug-likeness (QED) is 0.665. The Morgan fingerprint density at radius 2 is 2.06 bits per heavy atom. The Bertz CT molecular complexity index is 1170. The summed E-state index contributed by atoms with van der Waals surface area (Å²) in [6.07, 6.45) is 1.58. The zero-order valence-electron chi connectivity index (χ0n) is 17.1. The lowest BCUT2D eigenvalue weighted by molar-refractivity contribution is 0.0734. The Labute approximate surface area is 180 Å². The van der Waals surface area contributed by atoms with Crippen molar-refractivity contribution in [2.24, 2.45) is 0 Å². The Balaban J connectivity index is 1.59. The summed E-state index contributed by atoms with van der Waals surface area (Å²) in [5, 5.41) is 18.1. The fourth-order valence-electron chi connectivity index (χ4n) is 4.40. The number of carbonyl (C=O) groups is 1. The third-order valence-electron chi connectivity index (χ3n) is 5.95. The third-order valence-corrected chi connectivity index (χ3v) is 5.95. The van der Waals surface area contributed by atoms with Crippen LogP contribution in [0.15, 0.2) is 36.4 Å². The van der Waals surface area contributed by atoms with Gasteiger partial charge < -0.3 is 16.0 Å². The van der Waals surface area contributed by atoms with Crippen molar-refractivity contribution >= 4 is 11.7 Å². The fraction of sp³-hybridized carbons (Fsp3) is 0.304. The molecular weight excluding hydrogens is 390 g/mol. The number of hydrogen-bond acceptors (Lipinski definition) is 6. The second-order valence-electron chi connectivity index (χ2n) is 7.90. The van der Waals surface area contributed by atoms with Crippen molar-refractivity contribution < 1.29 is 4.79 Å². The van der Waals surface area contributed by atoms with E-state index in [2.05, 4.69) is 16.4 Å². The van der Waals surface area contributed by atoms with Gasteiger partial charge in [0, 0.05) is 49.3 Å². The van der Waals surface area contributed by atoms with Crippen molar-refractivity contribution in [1.82, 2.24) is 25.0 Å². The van der Waals surface area contributed by atoms with Gasteiger partial charge in [0.15, 0.2) is 0 Å². The fourth-order valence-corrected chi connectivity index (χ4v) is 4.40. The van der Waals surface area contributed by atoms with Crippen LogP contribution in [0.2, 0.25) is 0 Å². The van der Waals surface area contributed by atoms with Crippen molar-refractivity contribution in [3.8, 4) is 17.3 Å². The number of fused-ring (bicyclic) bond motifs is 2. The number of anilines is 1. The second kappa shape index (κ2) is 7.85. The van der Waals surface area contributed by atoms with Gasteiger partial charge in [0.05, 0.1) is 17.1 Å². The largest absolute Gasteiger partial charge is 0.383 e. The minimum atomic E-state index is -0.0302. The van der Waals surface area contributed by atoms with Crippen LogP contribution in [0.3, 0.4) is 0 Å². The van der Waals surface area contributed by atoms with Gasteiger partial charge in [-0.15, -0.1) is 0 Å². The summed E-state index contributed by atoms with van der Waals surface area (Å²) >= 11 is 0. The number of nitrogens with zero attached hydrogens (tertiary/aromatic N) is 5. The molecule has 156 valence electrons. The van der Waals surface area contributed by atoms with E-state index in [1.165, 1.54) is 0 Å². The molecule has 0 bridgehead atoms. The number of carbonyl (C=O) groups excluding carboxylic acids is 1. The van der Waals surface area contributed by atoms with Crippen LogP contribution in [0.25, 0.3) is 11.3 Å². The Hall–Kier alpha value is -3.70. The van der Waals surface area contributed by atoms with Gasteiger partial charge in [-0.2, -0.15) is 10.4 Å². The molecule has 0 atom stereocenters. The van der Waals surface area contributed by atoms with Crippen LogP contribution in [0.5, 0.6) is 0 Å². The highest BCUT2D eigenvalue weighted by Crippen LogP contribution is 2.35. The minimum Gasteiger partial charge on any atom is -0.383 e. The van der Waals surface area contributed by atoms with Crippen LogP contribution in [0, 0.1) is 11.3 Å². The number of rotatable bonds is 2. The normalized spacial score (nSPS) is 15.5. The summed E-state index contributed by atoms with van der Waals surface area (Å²) in [5.74, 6) is 0.192. The van der Waals surface area contributed by atoms with Gasteiger partial charge in [-0.3, -0.25) is 9.48 Å². The maximum absolute atomic E-state index is 13.1. The van der Waals surface area contributed by atoms with E-state index in [1.54, 1.807) is 0 Å². The molecule has 3 aromatic rings. The molecule has 1 aromatic carbocycles. The van der Waals surface area contributed by atoms with Crippen LogP contribution < -0.4 is 11.1 Å². The third kappa shape index (κ3) is 3.43. The van der Waals surface area contributed by atoms with Gasteiger partial charge in [-0.25, -0.2) is 4.98 Å². The molecule has 8 heteroatoms. The van der Waals surface area contributed by atoms with E-state index in [1.807, 2.05) is 46.0 Å². The number of nitrogens with one attached hydrogen (secondary N) is 1. The summed E-state index contributed by atoms with van der Waals surface area (Å²) in [6, 6.07) is 13.5. The number of aromatic nitrogens is 3. The Kier molecular flexibility index (Phi) is 4.88. The lowest BCUT2D eigenvalue weighted by Crippen LogP contribution is -2.37. The zero-order valence-corrected chi connectivity index (χ0v) is 17.1. The predicted molar refractivity (Wildman–Crippen MR) is 116 cm³/mol. The highest BCUT2D eigenvalue weighted by atomic mass is 16.2. The first-order chi connectivity index (χ1) is 15.2. The van der Waals surface area contributed by atoms with Crippen LogP contribution in [0.4, 0.5) is 5.82 Å². The summed E-state index contributed by atoms with van der Waals surface area (Å²) in [5.41, 5.74) is 11.3. The molecule has 0 radical (unpaired) electrons.